The zero-order chi connectivity index (χ0) is 11.5. The second-order valence-electron chi connectivity index (χ2n) is 3.61. The van der Waals surface area contributed by atoms with Gasteiger partial charge in [0.1, 0.15) is 5.82 Å². The minimum Gasteiger partial charge on any atom is -0.319 e. The first-order valence-electron chi connectivity index (χ1n) is 5.01. The minimum atomic E-state index is -0.318. The molecule has 1 heterocycles. The number of hydrogen-bond acceptors (Lipinski definition) is 1. The van der Waals surface area contributed by atoms with Gasteiger partial charge in [-0.3, -0.25) is 4.68 Å². The van der Waals surface area contributed by atoms with E-state index in [0.29, 0.717) is 5.02 Å². The topological polar surface area (TPSA) is 17.0 Å². The Labute approximate surface area is 98.6 Å². The third-order valence-electron chi connectivity index (χ3n) is 2.38. The number of hydrogen-bond donors (Lipinski definition) is 1. The summed E-state index contributed by atoms with van der Waals surface area (Å²) in [7, 11) is 0. The van der Waals surface area contributed by atoms with Crippen molar-refractivity contribution in [2.75, 3.05) is 5.43 Å². The molecule has 0 saturated carbocycles. The SMILES string of the molecule is CC(Nn1cccc1)c1ccc(F)cc1Cl. The number of nitrogens with zero attached hydrogens (tertiary/aromatic N) is 1. The van der Waals surface area contributed by atoms with Crippen molar-refractivity contribution < 1.29 is 4.39 Å². The molecule has 0 saturated heterocycles. The highest BCUT2D eigenvalue weighted by atomic mass is 35.5. The summed E-state index contributed by atoms with van der Waals surface area (Å²) in [6.45, 7) is 1.97. The van der Waals surface area contributed by atoms with Crippen LogP contribution in [-0.4, -0.2) is 4.68 Å². The Morgan fingerprint density at radius 2 is 2.00 bits per heavy atom. The van der Waals surface area contributed by atoms with Crippen molar-refractivity contribution in [2.24, 2.45) is 0 Å². The van der Waals surface area contributed by atoms with Crippen LogP contribution in [0.1, 0.15) is 18.5 Å². The molecule has 0 fully saturated rings. The van der Waals surface area contributed by atoms with Gasteiger partial charge in [-0.05, 0) is 36.8 Å². The maximum atomic E-state index is 12.9. The fourth-order valence-electron chi connectivity index (χ4n) is 1.57. The summed E-state index contributed by atoms with van der Waals surface area (Å²) in [5, 5.41) is 0.437. The first-order chi connectivity index (χ1) is 7.66. The van der Waals surface area contributed by atoms with Gasteiger partial charge < -0.3 is 5.43 Å². The summed E-state index contributed by atoms with van der Waals surface area (Å²) in [4.78, 5) is 0. The Hall–Kier alpha value is -1.48. The van der Waals surface area contributed by atoms with Gasteiger partial charge >= 0.3 is 0 Å². The summed E-state index contributed by atoms with van der Waals surface area (Å²) in [6.07, 6.45) is 3.79. The summed E-state index contributed by atoms with van der Waals surface area (Å²) in [5.41, 5.74) is 4.08. The second-order valence-corrected chi connectivity index (χ2v) is 4.01. The van der Waals surface area contributed by atoms with E-state index in [1.807, 2.05) is 36.1 Å². The maximum Gasteiger partial charge on any atom is 0.124 e. The maximum absolute atomic E-state index is 12.9. The van der Waals surface area contributed by atoms with Crippen molar-refractivity contribution in [2.45, 2.75) is 13.0 Å². The van der Waals surface area contributed by atoms with Gasteiger partial charge in [0.05, 0.1) is 6.04 Å². The molecule has 0 aliphatic carbocycles. The molecule has 2 rings (SSSR count). The lowest BCUT2D eigenvalue weighted by Gasteiger charge is -2.17. The Balaban J connectivity index is 2.17. The highest BCUT2D eigenvalue weighted by Gasteiger charge is 2.09. The normalized spacial score (nSPS) is 12.4. The van der Waals surface area contributed by atoms with Gasteiger partial charge in [0.15, 0.2) is 0 Å². The zero-order valence-corrected chi connectivity index (χ0v) is 9.58. The summed E-state index contributed by atoms with van der Waals surface area (Å²) < 4.78 is 14.7. The molecule has 4 heteroatoms. The number of nitrogens with one attached hydrogen (secondary N) is 1. The van der Waals surface area contributed by atoms with E-state index >= 15 is 0 Å². The van der Waals surface area contributed by atoms with Crippen molar-refractivity contribution in [3.05, 3.63) is 59.1 Å². The van der Waals surface area contributed by atoms with Crippen LogP contribution >= 0.6 is 11.6 Å². The fraction of sp³-hybridized carbons (Fsp3) is 0.167. The first-order valence-corrected chi connectivity index (χ1v) is 5.39. The van der Waals surface area contributed by atoms with Gasteiger partial charge in [-0.2, -0.15) is 0 Å². The van der Waals surface area contributed by atoms with Gasteiger partial charge in [-0.1, -0.05) is 17.7 Å². The van der Waals surface area contributed by atoms with Gasteiger partial charge in [-0.25, -0.2) is 4.39 Å². The predicted molar refractivity (Wildman–Crippen MR) is 63.6 cm³/mol. The Kier molecular flexibility index (Phi) is 3.15. The zero-order valence-electron chi connectivity index (χ0n) is 8.82. The van der Waals surface area contributed by atoms with Crippen LogP contribution in [0.4, 0.5) is 4.39 Å². The number of benzene rings is 1. The fourth-order valence-corrected chi connectivity index (χ4v) is 1.90. The van der Waals surface area contributed by atoms with Crippen LogP contribution in [0.15, 0.2) is 42.7 Å². The molecule has 1 aromatic heterocycles. The standard InChI is InChI=1S/C12H12ClFN2/c1-9(15-16-6-2-3-7-16)11-5-4-10(14)8-12(11)13/h2-9,15H,1H3. The van der Waals surface area contributed by atoms with Crippen LogP contribution in [0.3, 0.4) is 0 Å². The van der Waals surface area contributed by atoms with E-state index in [2.05, 4.69) is 5.43 Å². The van der Waals surface area contributed by atoms with Gasteiger partial charge in [-0.15, -0.1) is 0 Å². The van der Waals surface area contributed by atoms with Crippen LogP contribution in [-0.2, 0) is 0 Å². The number of aromatic nitrogens is 1. The molecular formula is C12H12ClFN2. The lowest BCUT2D eigenvalue weighted by Crippen LogP contribution is -2.17. The molecule has 2 aromatic rings. The Bertz CT molecular complexity index is 468. The molecule has 1 atom stereocenters. The molecule has 0 radical (unpaired) electrons. The van der Waals surface area contributed by atoms with Crippen LogP contribution < -0.4 is 5.43 Å². The summed E-state index contributed by atoms with van der Waals surface area (Å²) >= 11 is 5.98. The monoisotopic (exact) mass is 238 g/mol. The highest BCUT2D eigenvalue weighted by Crippen LogP contribution is 2.24. The molecule has 1 unspecified atom stereocenters. The molecular weight excluding hydrogens is 227 g/mol. The van der Waals surface area contributed by atoms with Gasteiger partial charge in [0.25, 0.3) is 0 Å². The van der Waals surface area contributed by atoms with E-state index in [1.165, 1.54) is 12.1 Å². The van der Waals surface area contributed by atoms with Crippen LogP contribution in [0.2, 0.25) is 5.02 Å². The van der Waals surface area contributed by atoms with E-state index in [-0.39, 0.29) is 11.9 Å². The smallest absolute Gasteiger partial charge is 0.124 e. The van der Waals surface area contributed by atoms with E-state index in [4.69, 9.17) is 11.6 Å². The average Bonchev–Trinajstić information content (AvgIpc) is 2.70. The van der Waals surface area contributed by atoms with Crippen molar-refractivity contribution in [1.29, 1.82) is 0 Å². The van der Waals surface area contributed by atoms with Gasteiger partial charge in [0.2, 0.25) is 0 Å². The molecule has 1 N–H and O–H groups in total. The molecule has 1 aromatic carbocycles. The lowest BCUT2D eigenvalue weighted by molar-refractivity contribution is 0.625. The molecule has 0 bridgehead atoms. The largest absolute Gasteiger partial charge is 0.319 e. The molecule has 0 amide bonds. The van der Waals surface area contributed by atoms with Crippen molar-refractivity contribution in [3.8, 4) is 0 Å². The van der Waals surface area contributed by atoms with Crippen LogP contribution in [0.5, 0.6) is 0 Å². The van der Waals surface area contributed by atoms with Crippen LogP contribution in [0, 0.1) is 5.82 Å². The second kappa shape index (κ2) is 4.58. The van der Waals surface area contributed by atoms with E-state index in [1.54, 1.807) is 6.07 Å². The van der Waals surface area contributed by atoms with Crippen molar-refractivity contribution in [3.63, 3.8) is 0 Å². The quantitative estimate of drug-likeness (QED) is 0.865. The Morgan fingerprint density at radius 3 is 2.62 bits per heavy atom. The van der Waals surface area contributed by atoms with Crippen molar-refractivity contribution >= 4 is 11.6 Å². The number of rotatable bonds is 3. The molecule has 0 aliphatic rings. The Morgan fingerprint density at radius 1 is 1.31 bits per heavy atom. The summed E-state index contributed by atoms with van der Waals surface area (Å²) in [5.74, 6) is -0.318. The highest BCUT2D eigenvalue weighted by molar-refractivity contribution is 6.31. The third-order valence-corrected chi connectivity index (χ3v) is 2.70. The predicted octanol–water partition coefficient (Wildman–Crippen LogP) is 3.59. The summed E-state index contributed by atoms with van der Waals surface area (Å²) in [6, 6.07) is 8.29. The first kappa shape index (κ1) is 11.0. The van der Waals surface area contributed by atoms with Gasteiger partial charge in [0, 0.05) is 17.4 Å². The van der Waals surface area contributed by atoms with E-state index < -0.39 is 0 Å². The average molecular weight is 239 g/mol. The molecule has 0 spiro atoms. The number of halogens is 2. The molecule has 84 valence electrons. The molecule has 0 aliphatic heterocycles. The third kappa shape index (κ3) is 2.36. The minimum absolute atomic E-state index is 0.0144. The molecule has 16 heavy (non-hydrogen) atoms. The molecule has 2 nitrogen and oxygen atoms in total. The van der Waals surface area contributed by atoms with Crippen molar-refractivity contribution in [1.82, 2.24) is 4.68 Å². The van der Waals surface area contributed by atoms with Crippen LogP contribution in [0.25, 0.3) is 0 Å². The van der Waals surface area contributed by atoms with E-state index in [9.17, 15) is 4.39 Å². The lowest BCUT2D eigenvalue weighted by atomic mass is 10.1. The van der Waals surface area contributed by atoms with E-state index in [0.717, 1.165) is 5.56 Å².